The van der Waals surface area contributed by atoms with Gasteiger partial charge in [0.25, 0.3) is 5.91 Å². The Bertz CT molecular complexity index is 618. The van der Waals surface area contributed by atoms with Crippen molar-refractivity contribution in [3.8, 4) is 0 Å². The molecule has 0 aliphatic carbocycles. The van der Waals surface area contributed by atoms with Crippen molar-refractivity contribution in [2.75, 3.05) is 36.8 Å². The van der Waals surface area contributed by atoms with E-state index in [0.717, 1.165) is 57.7 Å². The molecule has 3 heterocycles. The molecule has 5 N–H and O–H groups in total. The quantitative estimate of drug-likeness (QED) is 0.616. The zero-order valence-corrected chi connectivity index (χ0v) is 14.7. The number of anilines is 2. The molecule has 2 aliphatic rings. The van der Waals surface area contributed by atoms with Crippen molar-refractivity contribution < 1.29 is 4.79 Å². The number of aromatic nitrogens is 1. The monoisotopic (exact) mass is 344 g/mol. The predicted molar refractivity (Wildman–Crippen MR) is 100 cm³/mol. The van der Waals surface area contributed by atoms with Gasteiger partial charge in [-0.3, -0.25) is 10.2 Å². The van der Waals surface area contributed by atoms with Gasteiger partial charge in [0.2, 0.25) is 0 Å². The fourth-order valence-corrected chi connectivity index (χ4v) is 3.51. The Morgan fingerprint density at radius 2 is 2.00 bits per heavy atom. The van der Waals surface area contributed by atoms with Gasteiger partial charge in [0.05, 0.1) is 0 Å². The van der Waals surface area contributed by atoms with E-state index in [9.17, 15) is 4.79 Å². The maximum absolute atomic E-state index is 12.3. The van der Waals surface area contributed by atoms with Crippen LogP contribution in [0.25, 0.3) is 0 Å². The van der Waals surface area contributed by atoms with Gasteiger partial charge < -0.3 is 21.3 Å². The molecule has 1 amide bonds. The molecule has 1 unspecified atom stereocenters. The Balaban J connectivity index is 1.66. The molecule has 1 aromatic rings. The molecule has 0 spiro atoms. The fourth-order valence-electron chi connectivity index (χ4n) is 3.51. The molecule has 7 nitrogen and oxygen atoms in total. The summed E-state index contributed by atoms with van der Waals surface area (Å²) in [5, 5.41) is 14.3. The van der Waals surface area contributed by atoms with Gasteiger partial charge >= 0.3 is 0 Å². The van der Waals surface area contributed by atoms with Gasteiger partial charge in [-0.2, -0.15) is 0 Å². The Hall–Kier alpha value is -2.15. The van der Waals surface area contributed by atoms with Crippen LogP contribution in [0.5, 0.6) is 0 Å². The van der Waals surface area contributed by atoms with Crippen molar-refractivity contribution in [3.63, 3.8) is 0 Å². The second-order valence-electron chi connectivity index (χ2n) is 6.90. The van der Waals surface area contributed by atoms with E-state index >= 15 is 0 Å². The number of nitrogen functional groups attached to an aromatic ring is 1. The van der Waals surface area contributed by atoms with E-state index in [2.05, 4.69) is 20.5 Å². The number of piperidine rings is 1. The van der Waals surface area contributed by atoms with Crippen molar-refractivity contribution in [1.82, 2.24) is 15.6 Å². The number of nitrogens with two attached hydrogens (primary N) is 1. The average molecular weight is 344 g/mol. The van der Waals surface area contributed by atoms with Crippen molar-refractivity contribution >= 4 is 23.3 Å². The molecule has 0 bridgehead atoms. The Morgan fingerprint density at radius 3 is 2.64 bits per heavy atom. The second kappa shape index (κ2) is 8.29. The van der Waals surface area contributed by atoms with Crippen LogP contribution in [0.2, 0.25) is 0 Å². The van der Waals surface area contributed by atoms with E-state index in [1.165, 1.54) is 12.8 Å². The summed E-state index contributed by atoms with van der Waals surface area (Å²) in [5.74, 6) is 0.709. The van der Waals surface area contributed by atoms with E-state index in [1.807, 2.05) is 6.07 Å². The van der Waals surface area contributed by atoms with Crippen LogP contribution in [0.1, 0.15) is 44.1 Å². The molecular formula is C18H28N6O. The van der Waals surface area contributed by atoms with Crippen molar-refractivity contribution in [2.24, 2.45) is 0 Å². The van der Waals surface area contributed by atoms with Crippen LogP contribution in [-0.2, 0) is 4.79 Å². The Morgan fingerprint density at radius 1 is 1.24 bits per heavy atom. The molecule has 25 heavy (non-hydrogen) atoms. The molecule has 0 radical (unpaired) electrons. The van der Waals surface area contributed by atoms with Crippen molar-refractivity contribution in [3.05, 3.63) is 17.7 Å². The van der Waals surface area contributed by atoms with Crippen LogP contribution >= 0.6 is 0 Å². The highest BCUT2D eigenvalue weighted by molar-refractivity contribution is 6.45. The third kappa shape index (κ3) is 4.48. The molecular weight excluding hydrogens is 316 g/mol. The number of carbonyl (C=O) groups is 1. The Kier molecular flexibility index (Phi) is 5.86. The molecule has 2 saturated heterocycles. The first kappa shape index (κ1) is 17.7. The van der Waals surface area contributed by atoms with Crippen LogP contribution in [0.4, 0.5) is 11.6 Å². The number of amides is 1. The van der Waals surface area contributed by atoms with E-state index in [0.29, 0.717) is 5.56 Å². The van der Waals surface area contributed by atoms with Gasteiger partial charge in [-0.15, -0.1) is 0 Å². The van der Waals surface area contributed by atoms with E-state index in [4.69, 9.17) is 11.1 Å². The maximum Gasteiger partial charge on any atom is 0.270 e. The predicted octanol–water partition coefficient (Wildman–Crippen LogP) is 1.28. The maximum atomic E-state index is 12.3. The highest BCUT2D eigenvalue weighted by atomic mass is 16.1. The molecule has 1 atom stereocenters. The summed E-state index contributed by atoms with van der Waals surface area (Å²) >= 11 is 0. The standard InChI is InChI=1S/C18H28N6O/c19-16(18(25)22-13-6-5-9-21-12-13)14-7-8-15(23-17(14)20)24-10-3-1-2-4-11-24/h7-8,13,19,21H,1-6,9-12H2,(H2,20,23)(H,22,25). The molecule has 0 saturated carbocycles. The highest BCUT2D eigenvalue weighted by Gasteiger charge is 2.21. The Labute approximate surface area is 148 Å². The van der Waals surface area contributed by atoms with Crippen molar-refractivity contribution in [1.29, 1.82) is 5.41 Å². The normalized spacial score (nSPS) is 21.4. The van der Waals surface area contributed by atoms with Crippen LogP contribution in [0.3, 0.4) is 0 Å². The van der Waals surface area contributed by atoms with Gasteiger partial charge in [-0.25, -0.2) is 4.98 Å². The molecule has 0 aromatic carbocycles. The van der Waals surface area contributed by atoms with Crippen LogP contribution in [0, 0.1) is 5.41 Å². The minimum absolute atomic E-state index is 0.0761. The van der Waals surface area contributed by atoms with Gasteiger partial charge in [-0.05, 0) is 44.4 Å². The third-order valence-electron chi connectivity index (χ3n) is 4.97. The number of nitrogens with one attached hydrogen (secondary N) is 3. The van der Waals surface area contributed by atoms with Gasteiger partial charge in [0.1, 0.15) is 17.3 Å². The van der Waals surface area contributed by atoms with E-state index in [-0.39, 0.29) is 23.5 Å². The SMILES string of the molecule is N=C(C(=O)NC1CCCNC1)c1ccc(N2CCCCCC2)nc1N. The number of pyridine rings is 1. The van der Waals surface area contributed by atoms with Gasteiger partial charge in [0.15, 0.2) is 0 Å². The van der Waals surface area contributed by atoms with Crippen LogP contribution in [-0.4, -0.2) is 48.8 Å². The number of hydrogen-bond acceptors (Lipinski definition) is 6. The average Bonchev–Trinajstić information content (AvgIpc) is 2.91. The fraction of sp³-hybridized carbons (Fsp3) is 0.611. The second-order valence-corrected chi connectivity index (χ2v) is 6.90. The molecule has 136 valence electrons. The van der Waals surface area contributed by atoms with E-state index < -0.39 is 0 Å². The molecule has 7 heteroatoms. The van der Waals surface area contributed by atoms with Gasteiger partial charge in [-0.1, -0.05) is 12.8 Å². The van der Waals surface area contributed by atoms with Gasteiger partial charge in [0, 0.05) is 31.2 Å². The third-order valence-corrected chi connectivity index (χ3v) is 4.97. The summed E-state index contributed by atoms with van der Waals surface area (Å²) in [4.78, 5) is 19.0. The van der Waals surface area contributed by atoms with Crippen LogP contribution < -0.4 is 21.3 Å². The smallest absolute Gasteiger partial charge is 0.270 e. The highest BCUT2D eigenvalue weighted by Crippen LogP contribution is 2.21. The summed E-state index contributed by atoms with van der Waals surface area (Å²) < 4.78 is 0. The topological polar surface area (TPSA) is 107 Å². The lowest BCUT2D eigenvalue weighted by Gasteiger charge is -2.24. The number of hydrogen-bond donors (Lipinski definition) is 4. The van der Waals surface area contributed by atoms with Crippen molar-refractivity contribution in [2.45, 2.75) is 44.6 Å². The van der Waals surface area contributed by atoms with E-state index in [1.54, 1.807) is 6.07 Å². The zero-order valence-electron chi connectivity index (χ0n) is 14.7. The summed E-state index contributed by atoms with van der Waals surface area (Å²) in [6, 6.07) is 3.71. The lowest BCUT2D eigenvalue weighted by atomic mass is 10.1. The molecule has 2 fully saturated rings. The largest absolute Gasteiger partial charge is 0.383 e. The first-order valence-corrected chi connectivity index (χ1v) is 9.27. The zero-order chi connectivity index (χ0) is 17.6. The van der Waals surface area contributed by atoms with Crippen LogP contribution in [0.15, 0.2) is 12.1 Å². The summed E-state index contributed by atoms with van der Waals surface area (Å²) in [6.07, 6.45) is 6.81. The minimum atomic E-state index is -0.385. The first-order chi connectivity index (χ1) is 12.1. The number of rotatable bonds is 4. The number of nitrogens with zero attached hydrogens (tertiary/aromatic N) is 2. The molecule has 2 aliphatic heterocycles. The summed E-state index contributed by atoms with van der Waals surface area (Å²) in [6.45, 7) is 3.70. The molecule has 3 rings (SSSR count). The minimum Gasteiger partial charge on any atom is -0.383 e. The number of carbonyl (C=O) groups excluding carboxylic acids is 1. The lowest BCUT2D eigenvalue weighted by Crippen LogP contribution is -2.47. The summed E-state index contributed by atoms with van der Waals surface area (Å²) in [5.41, 5.74) is 6.36. The lowest BCUT2D eigenvalue weighted by molar-refractivity contribution is -0.115. The first-order valence-electron chi connectivity index (χ1n) is 9.27. The summed E-state index contributed by atoms with van der Waals surface area (Å²) in [7, 11) is 0. The molecule has 1 aromatic heterocycles.